The van der Waals surface area contributed by atoms with Crippen molar-refractivity contribution in [1.29, 1.82) is 0 Å². The lowest BCUT2D eigenvalue weighted by Gasteiger charge is -2.07. The molecule has 4 aromatic rings. The van der Waals surface area contributed by atoms with E-state index in [0.717, 1.165) is 21.9 Å². The summed E-state index contributed by atoms with van der Waals surface area (Å²) in [6.45, 7) is 3.86. The highest BCUT2D eigenvalue weighted by molar-refractivity contribution is 7.19. The third-order valence-electron chi connectivity index (χ3n) is 4.05. The molecule has 0 aliphatic rings. The van der Waals surface area contributed by atoms with Gasteiger partial charge in [0.15, 0.2) is 4.96 Å². The van der Waals surface area contributed by atoms with Crippen molar-refractivity contribution in [3.05, 3.63) is 69.3 Å². The molecule has 0 fully saturated rings. The van der Waals surface area contributed by atoms with E-state index in [1.807, 2.05) is 36.6 Å². The van der Waals surface area contributed by atoms with E-state index in [2.05, 4.69) is 20.3 Å². The van der Waals surface area contributed by atoms with Gasteiger partial charge in [0, 0.05) is 35.4 Å². The number of carbonyl (C=O) groups excluding carboxylic acids is 1. The van der Waals surface area contributed by atoms with Gasteiger partial charge in [0.05, 0.1) is 5.69 Å². The van der Waals surface area contributed by atoms with Crippen LogP contribution >= 0.6 is 11.3 Å². The average Bonchev–Trinajstić information content (AvgIpc) is 3.19. The number of rotatable bonds is 4. The molecule has 0 spiro atoms. The molecule has 1 aromatic carbocycles. The lowest BCUT2D eigenvalue weighted by molar-refractivity contribution is 0.103. The van der Waals surface area contributed by atoms with Crippen molar-refractivity contribution in [3.8, 4) is 11.4 Å². The third kappa shape index (κ3) is 3.52. The lowest BCUT2D eigenvalue weighted by atomic mass is 10.1. The average molecular weight is 379 g/mol. The lowest BCUT2D eigenvalue weighted by Crippen LogP contribution is -2.11. The monoisotopic (exact) mass is 379 g/mol. The fourth-order valence-electron chi connectivity index (χ4n) is 2.78. The normalized spacial score (nSPS) is 11.0. The van der Waals surface area contributed by atoms with E-state index in [9.17, 15) is 9.59 Å². The number of hydrogen-bond acceptors (Lipinski definition) is 5. The smallest absolute Gasteiger partial charge is 0.267 e. The Morgan fingerprint density at radius 1 is 1.26 bits per heavy atom. The molecule has 8 heteroatoms. The van der Waals surface area contributed by atoms with E-state index >= 15 is 0 Å². The van der Waals surface area contributed by atoms with E-state index in [1.54, 1.807) is 18.3 Å². The minimum absolute atomic E-state index is 0.191. The first kappa shape index (κ1) is 17.2. The van der Waals surface area contributed by atoms with Gasteiger partial charge in [0.1, 0.15) is 10.7 Å². The maximum atomic E-state index is 12.6. The number of aryl methyl sites for hydroxylation is 2. The van der Waals surface area contributed by atoms with E-state index in [1.165, 1.54) is 17.4 Å². The highest BCUT2D eigenvalue weighted by Crippen LogP contribution is 2.22. The van der Waals surface area contributed by atoms with Crippen LogP contribution in [0.25, 0.3) is 16.3 Å². The van der Waals surface area contributed by atoms with Gasteiger partial charge in [-0.25, -0.2) is 9.97 Å². The second-order valence-corrected chi connectivity index (χ2v) is 7.15. The van der Waals surface area contributed by atoms with E-state index in [-0.39, 0.29) is 11.5 Å². The Hall–Kier alpha value is -3.26. The van der Waals surface area contributed by atoms with Crippen LogP contribution in [0.5, 0.6) is 0 Å². The highest BCUT2D eigenvalue weighted by Gasteiger charge is 2.13. The number of aromatic amines is 1. The maximum absolute atomic E-state index is 12.6. The van der Waals surface area contributed by atoms with Crippen LogP contribution in [0.3, 0.4) is 0 Å². The number of amides is 1. The van der Waals surface area contributed by atoms with Crippen LogP contribution in [0.1, 0.15) is 28.0 Å². The third-order valence-corrected chi connectivity index (χ3v) is 5.05. The zero-order valence-electron chi connectivity index (χ0n) is 14.8. The van der Waals surface area contributed by atoms with Gasteiger partial charge in [0.2, 0.25) is 0 Å². The van der Waals surface area contributed by atoms with Crippen molar-refractivity contribution in [2.45, 2.75) is 20.3 Å². The number of H-pyrrole nitrogens is 1. The molecule has 1 amide bonds. The van der Waals surface area contributed by atoms with Gasteiger partial charge >= 0.3 is 0 Å². The van der Waals surface area contributed by atoms with Crippen LogP contribution in [0.15, 0.2) is 47.5 Å². The first-order valence-corrected chi connectivity index (χ1v) is 9.30. The number of hydrogen-bond donors (Lipinski definition) is 2. The summed E-state index contributed by atoms with van der Waals surface area (Å²) in [6.07, 6.45) is 4.32. The first-order chi connectivity index (χ1) is 13.0. The molecule has 0 aliphatic carbocycles. The molecule has 0 unspecified atom stereocenters. The number of anilines is 1. The van der Waals surface area contributed by atoms with Gasteiger partial charge in [-0.05, 0) is 25.5 Å². The van der Waals surface area contributed by atoms with Crippen LogP contribution in [-0.2, 0) is 6.42 Å². The van der Waals surface area contributed by atoms with Crippen LogP contribution in [0.4, 0.5) is 5.69 Å². The zero-order chi connectivity index (χ0) is 19.0. The molecule has 136 valence electrons. The van der Waals surface area contributed by atoms with Gasteiger partial charge in [-0.2, -0.15) is 0 Å². The number of aromatic nitrogens is 4. The predicted octanol–water partition coefficient (Wildman–Crippen LogP) is 3.27. The highest BCUT2D eigenvalue weighted by atomic mass is 32.1. The topological polar surface area (TPSA) is 92.2 Å². The summed E-state index contributed by atoms with van der Waals surface area (Å²) in [6, 6.07) is 8.73. The van der Waals surface area contributed by atoms with Crippen LogP contribution in [0.2, 0.25) is 0 Å². The Labute approximate surface area is 158 Å². The van der Waals surface area contributed by atoms with Crippen molar-refractivity contribution < 1.29 is 4.79 Å². The Morgan fingerprint density at radius 2 is 2.11 bits per heavy atom. The summed E-state index contributed by atoms with van der Waals surface area (Å²) in [5.74, 6) is 0.282. The summed E-state index contributed by atoms with van der Waals surface area (Å²) >= 11 is 1.33. The minimum atomic E-state index is -0.205. The molecule has 0 radical (unpaired) electrons. The Kier molecular flexibility index (Phi) is 4.33. The number of benzene rings is 1. The molecule has 0 aliphatic heterocycles. The molecule has 27 heavy (non-hydrogen) atoms. The maximum Gasteiger partial charge on any atom is 0.267 e. The number of nitrogens with zero attached hydrogens (tertiary/aromatic N) is 3. The zero-order valence-corrected chi connectivity index (χ0v) is 15.6. The van der Waals surface area contributed by atoms with Crippen molar-refractivity contribution in [1.82, 2.24) is 19.4 Å². The molecular formula is C19H17N5O2S. The fourth-order valence-corrected chi connectivity index (χ4v) is 3.69. The van der Waals surface area contributed by atoms with Crippen molar-refractivity contribution in [2.75, 3.05) is 5.32 Å². The summed E-state index contributed by atoms with van der Waals surface area (Å²) in [5, 5.41) is 2.89. The Balaban J connectivity index is 1.60. The number of thiazole rings is 1. The number of nitrogens with one attached hydrogen (secondary N) is 2. The van der Waals surface area contributed by atoms with Crippen LogP contribution in [0, 0.1) is 6.92 Å². The van der Waals surface area contributed by atoms with E-state index in [4.69, 9.17) is 0 Å². The largest absolute Gasteiger partial charge is 0.321 e. The summed E-state index contributed by atoms with van der Waals surface area (Å²) < 4.78 is 1.84. The first-order valence-electron chi connectivity index (χ1n) is 8.49. The van der Waals surface area contributed by atoms with Crippen molar-refractivity contribution in [2.24, 2.45) is 0 Å². The molecule has 0 saturated carbocycles. The number of carbonyl (C=O) groups is 1. The van der Waals surface area contributed by atoms with Gasteiger partial charge in [-0.15, -0.1) is 0 Å². The van der Waals surface area contributed by atoms with Crippen molar-refractivity contribution >= 4 is 27.9 Å². The molecule has 0 bridgehead atoms. The molecule has 3 aromatic heterocycles. The molecule has 3 heterocycles. The van der Waals surface area contributed by atoms with Crippen molar-refractivity contribution in [3.63, 3.8) is 0 Å². The van der Waals surface area contributed by atoms with E-state index in [0.29, 0.717) is 22.8 Å². The van der Waals surface area contributed by atoms with Gasteiger partial charge in [-0.1, -0.05) is 30.4 Å². The molecule has 4 rings (SSSR count). The molecular weight excluding hydrogens is 362 g/mol. The quantitative estimate of drug-likeness (QED) is 0.569. The summed E-state index contributed by atoms with van der Waals surface area (Å²) in [4.78, 5) is 37.3. The van der Waals surface area contributed by atoms with Gasteiger partial charge in [-0.3, -0.25) is 14.0 Å². The Morgan fingerprint density at radius 3 is 2.89 bits per heavy atom. The van der Waals surface area contributed by atoms with Crippen LogP contribution in [-0.4, -0.2) is 25.3 Å². The molecule has 2 N–H and O–H groups in total. The van der Waals surface area contributed by atoms with E-state index < -0.39 is 0 Å². The summed E-state index contributed by atoms with van der Waals surface area (Å²) in [7, 11) is 0. The van der Waals surface area contributed by atoms with Gasteiger partial charge in [0.25, 0.3) is 11.5 Å². The Bertz CT molecular complexity index is 1170. The minimum Gasteiger partial charge on any atom is -0.321 e. The number of fused-ring (bicyclic) bond motifs is 1. The van der Waals surface area contributed by atoms with Crippen LogP contribution < -0.4 is 10.9 Å². The predicted molar refractivity (Wildman–Crippen MR) is 105 cm³/mol. The SMILES string of the molecule is CCc1cc(=O)[nH]c(-c2cccc(NC(=O)c3cn4cc(C)nc4s3)c2)n1. The molecule has 0 saturated heterocycles. The second kappa shape index (κ2) is 6.81. The molecule has 0 atom stereocenters. The summed E-state index contributed by atoms with van der Waals surface area (Å²) in [5.41, 5.74) is 2.81. The second-order valence-electron chi connectivity index (χ2n) is 6.14. The van der Waals surface area contributed by atoms with Gasteiger partial charge < -0.3 is 10.3 Å². The number of imidazole rings is 1. The molecule has 7 nitrogen and oxygen atoms in total. The fraction of sp³-hybridized carbons (Fsp3) is 0.158. The standard InChI is InChI=1S/C19H17N5O2S/c1-3-13-8-16(25)23-17(21-13)12-5-4-6-14(7-12)22-18(26)15-10-24-9-11(2)20-19(24)27-15/h4-10H,3H2,1-2H3,(H,22,26)(H,21,23,25).